The zero-order chi connectivity index (χ0) is 11.7. The zero-order valence-electron chi connectivity index (χ0n) is 10.3. The van der Waals surface area contributed by atoms with Crippen molar-refractivity contribution in [3.8, 4) is 0 Å². The lowest BCUT2D eigenvalue weighted by atomic mass is 9.92. The molecule has 1 heterocycles. The molecule has 1 saturated heterocycles. The highest BCUT2D eigenvalue weighted by molar-refractivity contribution is 5.80. The molecular weight excluding hydrogens is 212 g/mol. The molecule has 0 spiro atoms. The average molecular weight is 234 g/mol. The fraction of sp³-hybridized carbons (Fsp3) is 0.786. The fourth-order valence-electron chi connectivity index (χ4n) is 3.54. The van der Waals surface area contributed by atoms with Crippen molar-refractivity contribution in [2.75, 3.05) is 13.1 Å². The molecule has 17 heavy (non-hydrogen) atoms. The van der Waals surface area contributed by atoms with Crippen LogP contribution in [0.15, 0.2) is 12.2 Å². The Labute approximate surface area is 103 Å². The summed E-state index contributed by atoms with van der Waals surface area (Å²) in [5.74, 6) is 1.76. The molecule has 4 unspecified atom stereocenters. The van der Waals surface area contributed by atoms with Gasteiger partial charge in [0, 0.05) is 18.5 Å². The van der Waals surface area contributed by atoms with Crippen LogP contribution in [0.25, 0.3) is 0 Å². The van der Waals surface area contributed by atoms with Crippen molar-refractivity contribution in [3.63, 3.8) is 0 Å². The van der Waals surface area contributed by atoms with E-state index in [-0.39, 0.29) is 11.8 Å². The van der Waals surface area contributed by atoms with E-state index in [0.29, 0.717) is 17.9 Å². The summed E-state index contributed by atoms with van der Waals surface area (Å²) in [7, 11) is 0. The first-order valence-electron chi connectivity index (χ1n) is 7.02. The third-order valence-corrected chi connectivity index (χ3v) is 4.55. The van der Waals surface area contributed by atoms with E-state index in [1.165, 1.54) is 25.7 Å². The summed E-state index contributed by atoms with van der Waals surface area (Å²) in [6, 6.07) is 0.502. The molecule has 3 aliphatic rings. The van der Waals surface area contributed by atoms with Gasteiger partial charge in [0.05, 0.1) is 0 Å². The van der Waals surface area contributed by atoms with Crippen LogP contribution in [0.3, 0.4) is 0 Å². The lowest BCUT2D eigenvalue weighted by molar-refractivity contribution is -0.125. The second kappa shape index (κ2) is 4.81. The highest BCUT2D eigenvalue weighted by Gasteiger charge is 2.39. The van der Waals surface area contributed by atoms with E-state index in [1.54, 1.807) is 0 Å². The highest BCUT2D eigenvalue weighted by Crippen LogP contribution is 2.43. The molecule has 0 aromatic heterocycles. The van der Waals surface area contributed by atoms with Crippen molar-refractivity contribution in [3.05, 3.63) is 12.2 Å². The molecule has 1 amide bonds. The summed E-state index contributed by atoms with van der Waals surface area (Å²) in [5.41, 5.74) is 0. The van der Waals surface area contributed by atoms with Crippen molar-refractivity contribution in [1.29, 1.82) is 0 Å². The summed E-state index contributed by atoms with van der Waals surface area (Å²) in [6.07, 6.45) is 10.6. The first-order valence-corrected chi connectivity index (χ1v) is 7.02. The van der Waals surface area contributed by atoms with Crippen LogP contribution in [-0.4, -0.2) is 25.0 Å². The molecule has 0 aromatic carbocycles. The van der Waals surface area contributed by atoms with Crippen molar-refractivity contribution < 1.29 is 4.79 Å². The second-order valence-corrected chi connectivity index (χ2v) is 5.78. The molecule has 3 heteroatoms. The standard InChI is InChI=1S/C14H22N2O/c17-14(13-8-10-4-5-11(13)7-10)16-9-12-3-1-2-6-15-12/h4-5,10-13,15H,1-3,6-9H2,(H,16,17). The minimum absolute atomic E-state index is 0.258. The average Bonchev–Trinajstić information content (AvgIpc) is 2.99. The molecule has 94 valence electrons. The van der Waals surface area contributed by atoms with Crippen LogP contribution in [0.4, 0.5) is 0 Å². The first-order chi connectivity index (χ1) is 8.33. The van der Waals surface area contributed by atoms with Gasteiger partial charge < -0.3 is 10.6 Å². The number of allylic oxidation sites excluding steroid dienone is 2. The van der Waals surface area contributed by atoms with Crippen LogP contribution < -0.4 is 10.6 Å². The van der Waals surface area contributed by atoms with Crippen LogP contribution in [0.5, 0.6) is 0 Å². The minimum Gasteiger partial charge on any atom is -0.354 e. The van der Waals surface area contributed by atoms with Gasteiger partial charge in [0.2, 0.25) is 5.91 Å². The number of rotatable bonds is 3. The summed E-state index contributed by atoms with van der Waals surface area (Å²) in [6.45, 7) is 1.92. The van der Waals surface area contributed by atoms with E-state index in [2.05, 4.69) is 22.8 Å². The molecule has 2 N–H and O–H groups in total. The Morgan fingerprint density at radius 3 is 2.88 bits per heavy atom. The SMILES string of the molecule is O=C(NCC1CCCCN1)C1CC2C=CC1C2. The van der Waals surface area contributed by atoms with Gasteiger partial charge >= 0.3 is 0 Å². The molecule has 4 atom stereocenters. The number of amides is 1. The number of carbonyl (C=O) groups excluding carboxylic acids is 1. The molecule has 2 fully saturated rings. The van der Waals surface area contributed by atoms with Gasteiger partial charge in [-0.25, -0.2) is 0 Å². The van der Waals surface area contributed by atoms with Crippen LogP contribution in [0.2, 0.25) is 0 Å². The maximum atomic E-state index is 12.1. The van der Waals surface area contributed by atoms with Crippen LogP contribution >= 0.6 is 0 Å². The number of piperidine rings is 1. The lowest BCUT2D eigenvalue weighted by Crippen LogP contribution is -2.45. The maximum absolute atomic E-state index is 12.1. The fourth-order valence-corrected chi connectivity index (χ4v) is 3.54. The van der Waals surface area contributed by atoms with Crippen molar-refractivity contribution in [2.24, 2.45) is 17.8 Å². The van der Waals surface area contributed by atoms with Crippen molar-refractivity contribution in [2.45, 2.75) is 38.1 Å². The Balaban J connectivity index is 1.45. The third-order valence-electron chi connectivity index (χ3n) is 4.55. The Morgan fingerprint density at radius 2 is 2.24 bits per heavy atom. The number of hydrogen-bond acceptors (Lipinski definition) is 2. The predicted molar refractivity (Wildman–Crippen MR) is 67.5 cm³/mol. The van der Waals surface area contributed by atoms with E-state index < -0.39 is 0 Å². The molecule has 0 radical (unpaired) electrons. The second-order valence-electron chi connectivity index (χ2n) is 5.78. The van der Waals surface area contributed by atoms with Gasteiger partial charge in [0.15, 0.2) is 0 Å². The van der Waals surface area contributed by atoms with E-state index in [4.69, 9.17) is 0 Å². The van der Waals surface area contributed by atoms with Gasteiger partial charge in [0.1, 0.15) is 0 Å². The third kappa shape index (κ3) is 2.39. The molecule has 3 rings (SSSR count). The van der Waals surface area contributed by atoms with Gasteiger partial charge in [0.25, 0.3) is 0 Å². The van der Waals surface area contributed by atoms with Gasteiger partial charge in [-0.2, -0.15) is 0 Å². The molecule has 2 aliphatic carbocycles. The number of fused-ring (bicyclic) bond motifs is 2. The maximum Gasteiger partial charge on any atom is 0.223 e. The first kappa shape index (κ1) is 11.3. The minimum atomic E-state index is 0.258. The van der Waals surface area contributed by atoms with E-state index in [9.17, 15) is 4.79 Å². The Morgan fingerprint density at radius 1 is 1.29 bits per heavy atom. The Hall–Kier alpha value is -0.830. The summed E-state index contributed by atoms with van der Waals surface area (Å²) < 4.78 is 0. The molecule has 2 bridgehead atoms. The van der Waals surface area contributed by atoms with Gasteiger partial charge in [-0.05, 0) is 44.1 Å². The Kier molecular flexibility index (Phi) is 3.19. The molecule has 0 aromatic rings. The number of carbonyl (C=O) groups is 1. The molecule has 1 aliphatic heterocycles. The summed E-state index contributed by atoms with van der Waals surface area (Å²) in [5, 5.41) is 6.61. The monoisotopic (exact) mass is 234 g/mol. The van der Waals surface area contributed by atoms with Gasteiger partial charge in [-0.15, -0.1) is 0 Å². The highest BCUT2D eigenvalue weighted by atomic mass is 16.1. The zero-order valence-corrected chi connectivity index (χ0v) is 10.3. The van der Waals surface area contributed by atoms with Gasteiger partial charge in [-0.1, -0.05) is 18.6 Å². The van der Waals surface area contributed by atoms with E-state index in [0.717, 1.165) is 19.5 Å². The van der Waals surface area contributed by atoms with Crippen molar-refractivity contribution >= 4 is 5.91 Å². The summed E-state index contributed by atoms with van der Waals surface area (Å²) in [4.78, 5) is 12.1. The lowest BCUT2D eigenvalue weighted by Gasteiger charge is -2.25. The largest absolute Gasteiger partial charge is 0.354 e. The predicted octanol–water partition coefficient (Wildman–Crippen LogP) is 1.46. The van der Waals surface area contributed by atoms with E-state index in [1.807, 2.05) is 0 Å². The van der Waals surface area contributed by atoms with Crippen LogP contribution in [0.1, 0.15) is 32.1 Å². The van der Waals surface area contributed by atoms with Crippen LogP contribution in [0, 0.1) is 17.8 Å². The number of hydrogen-bond donors (Lipinski definition) is 2. The summed E-state index contributed by atoms with van der Waals surface area (Å²) >= 11 is 0. The van der Waals surface area contributed by atoms with Gasteiger partial charge in [-0.3, -0.25) is 4.79 Å². The normalized spacial score (nSPS) is 39.5. The van der Waals surface area contributed by atoms with Crippen molar-refractivity contribution in [1.82, 2.24) is 10.6 Å². The van der Waals surface area contributed by atoms with E-state index >= 15 is 0 Å². The molecule has 3 nitrogen and oxygen atoms in total. The topological polar surface area (TPSA) is 41.1 Å². The molecular formula is C14H22N2O. The number of nitrogens with one attached hydrogen (secondary N) is 2. The smallest absolute Gasteiger partial charge is 0.223 e. The Bertz CT molecular complexity index is 320. The van der Waals surface area contributed by atoms with Crippen LogP contribution in [-0.2, 0) is 4.79 Å². The molecule has 1 saturated carbocycles. The quantitative estimate of drug-likeness (QED) is 0.726.